The van der Waals surface area contributed by atoms with Gasteiger partial charge in [0.1, 0.15) is 11.5 Å². The van der Waals surface area contributed by atoms with Crippen LogP contribution in [0.15, 0.2) is 10.5 Å². The second-order valence-electron chi connectivity index (χ2n) is 6.15. The number of furan rings is 1. The summed E-state index contributed by atoms with van der Waals surface area (Å²) in [7, 11) is 0. The van der Waals surface area contributed by atoms with Crippen LogP contribution >= 0.6 is 0 Å². The van der Waals surface area contributed by atoms with Gasteiger partial charge in [-0.3, -0.25) is 4.90 Å². The Morgan fingerprint density at radius 1 is 1.30 bits per heavy atom. The average molecular weight is 278 g/mol. The van der Waals surface area contributed by atoms with Gasteiger partial charge in [0.2, 0.25) is 0 Å². The van der Waals surface area contributed by atoms with Gasteiger partial charge in [-0.2, -0.15) is 0 Å². The van der Waals surface area contributed by atoms with E-state index in [2.05, 4.69) is 37.1 Å². The van der Waals surface area contributed by atoms with Gasteiger partial charge in [-0.25, -0.2) is 0 Å². The number of aryl methyl sites for hydroxylation is 1. The lowest BCUT2D eigenvalue weighted by Crippen LogP contribution is -2.26. The monoisotopic (exact) mass is 278 g/mol. The molecule has 1 saturated carbocycles. The molecule has 1 heterocycles. The molecule has 0 amide bonds. The third-order valence-corrected chi connectivity index (χ3v) is 3.94. The first kappa shape index (κ1) is 15.6. The van der Waals surface area contributed by atoms with Crippen molar-refractivity contribution in [3.63, 3.8) is 0 Å². The molecule has 1 N–H and O–H groups in total. The van der Waals surface area contributed by atoms with Crippen molar-refractivity contribution in [3.05, 3.63) is 23.2 Å². The first-order chi connectivity index (χ1) is 9.72. The molecule has 0 unspecified atom stereocenters. The number of rotatable bonds is 10. The quantitative estimate of drug-likeness (QED) is 0.661. The highest BCUT2D eigenvalue weighted by atomic mass is 16.3. The highest BCUT2D eigenvalue weighted by Gasteiger charge is 2.24. The zero-order valence-electron chi connectivity index (χ0n) is 13.4. The van der Waals surface area contributed by atoms with E-state index in [0.29, 0.717) is 0 Å². The van der Waals surface area contributed by atoms with Gasteiger partial charge in [-0.1, -0.05) is 13.8 Å². The summed E-state index contributed by atoms with van der Waals surface area (Å²) in [6.07, 6.45) is 5.25. The van der Waals surface area contributed by atoms with Gasteiger partial charge in [0.15, 0.2) is 0 Å². The lowest BCUT2D eigenvalue weighted by atomic mass is 10.2. The van der Waals surface area contributed by atoms with Gasteiger partial charge in [-0.05, 0) is 57.7 Å². The SMILES string of the molecule is CCCNCc1cc(CN(CCC)CC2CC2)c(C)o1. The summed E-state index contributed by atoms with van der Waals surface area (Å²) in [4.78, 5) is 2.60. The second kappa shape index (κ2) is 7.84. The summed E-state index contributed by atoms with van der Waals surface area (Å²) in [5.74, 6) is 3.13. The van der Waals surface area contributed by atoms with Crippen molar-refractivity contribution in [2.45, 2.75) is 59.5 Å². The first-order valence-corrected chi connectivity index (χ1v) is 8.24. The van der Waals surface area contributed by atoms with Crippen LogP contribution in [0.25, 0.3) is 0 Å². The van der Waals surface area contributed by atoms with E-state index in [0.717, 1.165) is 43.5 Å². The fourth-order valence-corrected chi connectivity index (χ4v) is 2.68. The zero-order valence-corrected chi connectivity index (χ0v) is 13.4. The van der Waals surface area contributed by atoms with E-state index in [1.165, 1.54) is 37.9 Å². The summed E-state index contributed by atoms with van der Waals surface area (Å²) in [6, 6.07) is 2.24. The Bertz CT molecular complexity index is 396. The topological polar surface area (TPSA) is 28.4 Å². The van der Waals surface area contributed by atoms with E-state index in [9.17, 15) is 0 Å². The summed E-state index contributed by atoms with van der Waals surface area (Å²) in [6.45, 7) is 12.0. The van der Waals surface area contributed by atoms with Crippen LogP contribution in [0.2, 0.25) is 0 Å². The lowest BCUT2D eigenvalue weighted by molar-refractivity contribution is 0.253. The van der Waals surface area contributed by atoms with Crippen LogP contribution in [0.4, 0.5) is 0 Å². The van der Waals surface area contributed by atoms with Crippen molar-refractivity contribution >= 4 is 0 Å². The standard InChI is InChI=1S/C17H30N2O/c1-4-8-18-11-17-10-16(14(3)20-17)13-19(9-5-2)12-15-6-7-15/h10,15,18H,4-9,11-13H2,1-3H3. The highest BCUT2D eigenvalue weighted by molar-refractivity contribution is 5.20. The average Bonchev–Trinajstić information content (AvgIpc) is 3.15. The molecule has 1 aromatic rings. The van der Waals surface area contributed by atoms with Gasteiger partial charge in [-0.15, -0.1) is 0 Å². The Morgan fingerprint density at radius 2 is 2.10 bits per heavy atom. The number of hydrogen-bond acceptors (Lipinski definition) is 3. The van der Waals surface area contributed by atoms with Crippen molar-refractivity contribution in [3.8, 4) is 0 Å². The van der Waals surface area contributed by atoms with Crippen molar-refractivity contribution in [1.82, 2.24) is 10.2 Å². The van der Waals surface area contributed by atoms with E-state index < -0.39 is 0 Å². The van der Waals surface area contributed by atoms with Crippen molar-refractivity contribution < 1.29 is 4.42 Å². The lowest BCUT2D eigenvalue weighted by Gasteiger charge is -2.21. The number of hydrogen-bond donors (Lipinski definition) is 1. The molecule has 1 aliphatic carbocycles. The van der Waals surface area contributed by atoms with Gasteiger partial charge in [0.05, 0.1) is 6.54 Å². The Balaban J connectivity index is 1.88. The van der Waals surface area contributed by atoms with E-state index in [1.807, 2.05) is 0 Å². The fraction of sp³-hybridized carbons (Fsp3) is 0.765. The smallest absolute Gasteiger partial charge is 0.118 e. The Hall–Kier alpha value is -0.800. The molecular formula is C17H30N2O. The Labute approximate surface area is 123 Å². The van der Waals surface area contributed by atoms with Crippen molar-refractivity contribution in [1.29, 1.82) is 0 Å². The molecule has 0 saturated heterocycles. The van der Waals surface area contributed by atoms with Gasteiger partial charge < -0.3 is 9.73 Å². The summed E-state index contributed by atoms with van der Waals surface area (Å²) in [5, 5.41) is 3.41. The molecular weight excluding hydrogens is 248 g/mol. The summed E-state index contributed by atoms with van der Waals surface area (Å²) < 4.78 is 5.87. The minimum atomic E-state index is 0.852. The van der Waals surface area contributed by atoms with Gasteiger partial charge >= 0.3 is 0 Å². The third-order valence-electron chi connectivity index (χ3n) is 3.94. The number of nitrogens with zero attached hydrogens (tertiary/aromatic N) is 1. The molecule has 0 aliphatic heterocycles. The maximum Gasteiger partial charge on any atom is 0.118 e. The number of nitrogens with one attached hydrogen (secondary N) is 1. The molecule has 20 heavy (non-hydrogen) atoms. The molecule has 0 radical (unpaired) electrons. The predicted molar refractivity (Wildman–Crippen MR) is 83.7 cm³/mol. The maximum absolute atomic E-state index is 5.87. The van der Waals surface area contributed by atoms with Crippen LogP contribution in [0.5, 0.6) is 0 Å². The Kier molecular flexibility index (Phi) is 6.11. The molecule has 0 aromatic carbocycles. The highest BCUT2D eigenvalue weighted by Crippen LogP contribution is 2.30. The molecule has 1 fully saturated rings. The molecule has 0 spiro atoms. The van der Waals surface area contributed by atoms with Crippen LogP contribution in [0.3, 0.4) is 0 Å². The van der Waals surface area contributed by atoms with E-state index in [4.69, 9.17) is 4.42 Å². The van der Waals surface area contributed by atoms with Crippen molar-refractivity contribution in [2.75, 3.05) is 19.6 Å². The Morgan fingerprint density at radius 3 is 2.75 bits per heavy atom. The van der Waals surface area contributed by atoms with Gasteiger partial charge in [0.25, 0.3) is 0 Å². The fourth-order valence-electron chi connectivity index (χ4n) is 2.68. The van der Waals surface area contributed by atoms with Crippen molar-refractivity contribution in [2.24, 2.45) is 5.92 Å². The van der Waals surface area contributed by atoms with Crippen LogP contribution < -0.4 is 5.32 Å². The van der Waals surface area contributed by atoms with E-state index in [1.54, 1.807) is 0 Å². The van der Waals surface area contributed by atoms with Crippen LogP contribution in [-0.4, -0.2) is 24.5 Å². The molecule has 1 aliphatic rings. The minimum absolute atomic E-state index is 0.852. The second-order valence-corrected chi connectivity index (χ2v) is 6.15. The van der Waals surface area contributed by atoms with E-state index >= 15 is 0 Å². The summed E-state index contributed by atoms with van der Waals surface area (Å²) in [5.41, 5.74) is 1.37. The molecule has 3 heteroatoms. The molecule has 114 valence electrons. The van der Waals surface area contributed by atoms with E-state index in [-0.39, 0.29) is 0 Å². The van der Waals surface area contributed by atoms with Crippen LogP contribution in [0.1, 0.15) is 56.6 Å². The first-order valence-electron chi connectivity index (χ1n) is 8.24. The normalized spacial score (nSPS) is 15.2. The molecule has 0 bridgehead atoms. The maximum atomic E-state index is 5.87. The molecule has 0 atom stereocenters. The molecule has 3 nitrogen and oxygen atoms in total. The van der Waals surface area contributed by atoms with Crippen LogP contribution in [0, 0.1) is 12.8 Å². The predicted octanol–water partition coefficient (Wildman–Crippen LogP) is 3.71. The summed E-state index contributed by atoms with van der Waals surface area (Å²) >= 11 is 0. The zero-order chi connectivity index (χ0) is 14.4. The molecule has 1 aromatic heterocycles. The minimum Gasteiger partial charge on any atom is -0.465 e. The van der Waals surface area contributed by atoms with Gasteiger partial charge in [0, 0.05) is 18.7 Å². The third kappa shape index (κ3) is 4.95. The largest absolute Gasteiger partial charge is 0.465 e. The van der Waals surface area contributed by atoms with Crippen LogP contribution in [-0.2, 0) is 13.1 Å². The molecule has 2 rings (SSSR count).